The van der Waals surface area contributed by atoms with Crippen LogP contribution in [0.3, 0.4) is 0 Å². The van der Waals surface area contributed by atoms with Crippen LogP contribution in [0.1, 0.15) is 29.1 Å². The first-order valence-corrected chi connectivity index (χ1v) is 6.29. The second kappa shape index (κ2) is 5.84. The van der Waals surface area contributed by atoms with Crippen molar-refractivity contribution in [2.75, 3.05) is 5.32 Å². The lowest BCUT2D eigenvalue weighted by molar-refractivity contribution is -0.384. The van der Waals surface area contributed by atoms with E-state index in [1.807, 2.05) is 0 Å². The molecule has 2 aromatic rings. The average Bonchev–Trinajstić information content (AvgIpc) is 2.94. The maximum Gasteiger partial charge on any atom is 0.338 e. The lowest BCUT2D eigenvalue weighted by atomic mass is 10.1. The van der Waals surface area contributed by atoms with E-state index in [2.05, 4.69) is 5.32 Å². The third-order valence-corrected chi connectivity index (χ3v) is 3.15. The summed E-state index contributed by atoms with van der Waals surface area (Å²) in [4.78, 5) is 21.3. The highest BCUT2D eigenvalue weighted by molar-refractivity contribution is 6.34. The van der Waals surface area contributed by atoms with Crippen molar-refractivity contribution in [3.05, 3.63) is 57.0 Å². The molecule has 0 aliphatic heterocycles. The number of carboxylic acids is 1. The van der Waals surface area contributed by atoms with E-state index < -0.39 is 10.9 Å². The summed E-state index contributed by atoms with van der Waals surface area (Å²) in [6.07, 6.45) is 1.49. The van der Waals surface area contributed by atoms with Gasteiger partial charge in [-0.1, -0.05) is 11.6 Å². The number of furan rings is 1. The maximum atomic E-state index is 11.3. The fraction of sp³-hybridized carbons (Fsp3) is 0.154. The second-order valence-corrected chi connectivity index (χ2v) is 4.70. The Morgan fingerprint density at radius 1 is 1.52 bits per heavy atom. The summed E-state index contributed by atoms with van der Waals surface area (Å²) in [6.45, 7) is 1.75. The topological polar surface area (TPSA) is 106 Å². The molecule has 1 atom stereocenters. The van der Waals surface area contributed by atoms with Crippen molar-refractivity contribution in [1.82, 2.24) is 0 Å². The van der Waals surface area contributed by atoms with Crippen molar-refractivity contribution in [1.29, 1.82) is 0 Å². The predicted molar refractivity (Wildman–Crippen MR) is 75.8 cm³/mol. The van der Waals surface area contributed by atoms with E-state index in [1.165, 1.54) is 6.26 Å². The number of nitrogens with one attached hydrogen (secondary N) is 1. The van der Waals surface area contributed by atoms with Crippen molar-refractivity contribution < 1.29 is 19.2 Å². The molecule has 0 aliphatic carbocycles. The molecule has 1 aromatic carbocycles. The summed E-state index contributed by atoms with van der Waals surface area (Å²) >= 11 is 5.97. The SMILES string of the molecule is CC(Nc1c(Cl)cc([N+](=O)[O-])cc1C(=O)O)c1ccco1. The van der Waals surface area contributed by atoms with Crippen molar-refractivity contribution >= 4 is 28.9 Å². The maximum absolute atomic E-state index is 11.3. The summed E-state index contributed by atoms with van der Waals surface area (Å²) < 4.78 is 5.21. The number of non-ortho nitro benzene ring substituents is 1. The van der Waals surface area contributed by atoms with E-state index in [-0.39, 0.29) is 28.0 Å². The summed E-state index contributed by atoms with van der Waals surface area (Å²) in [5.41, 5.74) is -0.542. The van der Waals surface area contributed by atoms with Gasteiger partial charge in [0.15, 0.2) is 0 Å². The number of nitro benzene ring substituents is 1. The molecule has 1 aromatic heterocycles. The molecule has 110 valence electrons. The molecule has 21 heavy (non-hydrogen) atoms. The zero-order valence-corrected chi connectivity index (χ0v) is 11.6. The van der Waals surface area contributed by atoms with Crippen LogP contribution in [0.4, 0.5) is 11.4 Å². The second-order valence-electron chi connectivity index (χ2n) is 4.29. The van der Waals surface area contributed by atoms with Crippen LogP contribution in [0.15, 0.2) is 34.9 Å². The van der Waals surface area contributed by atoms with Gasteiger partial charge in [0, 0.05) is 12.1 Å². The van der Waals surface area contributed by atoms with E-state index in [0.717, 1.165) is 12.1 Å². The van der Waals surface area contributed by atoms with Crippen LogP contribution < -0.4 is 5.32 Å². The first-order valence-electron chi connectivity index (χ1n) is 5.91. The number of benzene rings is 1. The van der Waals surface area contributed by atoms with Crippen LogP contribution in [0.25, 0.3) is 0 Å². The Kier molecular flexibility index (Phi) is 4.13. The van der Waals surface area contributed by atoms with Gasteiger partial charge < -0.3 is 14.8 Å². The van der Waals surface area contributed by atoms with Crippen LogP contribution in [0, 0.1) is 10.1 Å². The van der Waals surface area contributed by atoms with Crippen molar-refractivity contribution in [2.45, 2.75) is 13.0 Å². The zero-order chi connectivity index (χ0) is 15.6. The number of carbonyl (C=O) groups is 1. The number of hydrogen-bond donors (Lipinski definition) is 2. The minimum atomic E-state index is -1.31. The van der Waals surface area contributed by atoms with E-state index in [1.54, 1.807) is 19.1 Å². The van der Waals surface area contributed by atoms with Crippen LogP contribution in [-0.2, 0) is 0 Å². The zero-order valence-electron chi connectivity index (χ0n) is 10.9. The Balaban J connectivity index is 2.42. The minimum Gasteiger partial charge on any atom is -0.478 e. The van der Waals surface area contributed by atoms with Crippen LogP contribution >= 0.6 is 11.6 Å². The van der Waals surface area contributed by atoms with Crippen molar-refractivity contribution in [2.24, 2.45) is 0 Å². The molecule has 8 heteroatoms. The lowest BCUT2D eigenvalue weighted by Crippen LogP contribution is -2.11. The molecule has 7 nitrogen and oxygen atoms in total. The fourth-order valence-electron chi connectivity index (χ4n) is 1.84. The van der Waals surface area contributed by atoms with Crippen molar-refractivity contribution in [3.8, 4) is 0 Å². The molecule has 0 radical (unpaired) electrons. The molecule has 1 unspecified atom stereocenters. The predicted octanol–water partition coefficient (Wildman–Crippen LogP) is 3.71. The van der Waals surface area contributed by atoms with Gasteiger partial charge in [-0.05, 0) is 19.1 Å². The van der Waals surface area contributed by atoms with E-state index in [4.69, 9.17) is 16.0 Å². The Morgan fingerprint density at radius 3 is 2.76 bits per heavy atom. The van der Waals surface area contributed by atoms with Gasteiger partial charge in [-0.2, -0.15) is 0 Å². The van der Waals surface area contributed by atoms with Gasteiger partial charge in [0.05, 0.1) is 33.5 Å². The molecule has 0 spiro atoms. The third kappa shape index (κ3) is 3.14. The number of aromatic carboxylic acids is 1. The molecule has 2 N–H and O–H groups in total. The normalized spacial score (nSPS) is 11.9. The smallest absolute Gasteiger partial charge is 0.338 e. The molecule has 1 heterocycles. The molecule has 0 fully saturated rings. The Bertz CT molecular complexity index is 684. The fourth-order valence-corrected chi connectivity index (χ4v) is 2.11. The largest absolute Gasteiger partial charge is 0.478 e. The molecule has 0 saturated carbocycles. The number of nitrogens with zero attached hydrogens (tertiary/aromatic N) is 1. The van der Waals surface area contributed by atoms with Crippen LogP contribution in [0.2, 0.25) is 5.02 Å². The van der Waals surface area contributed by atoms with Gasteiger partial charge in [0.25, 0.3) is 5.69 Å². The first kappa shape index (κ1) is 14.9. The molecular formula is C13H11ClN2O5. The Labute approximate surface area is 124 Å². The monoisotopic (exact) mass is 310 g/mol. The highest BCUT2D eigenvalue weighted by atomic mass is 35.5. The molecule has 0 bridgehead atoms. The number of anilines is 1. The van der Waals surface area contributed by atoms with Crippen molar-refractivity contribution in [3.63, 3.8) is 0 Å². The van der Waals surface area contributed by atoms with E-state index >= 15 is 0 Å². The highest BCUT2D eigenvalue weighted by Crippen LogP contribution is 2.33. The van der Waals surface area contributed by atoms with E-state index in [0.29, 0.717) is 5.76 Å². The van der Waals surface area contributed by atoms with Gasteiger partial charge in [-0.3, -0.25) is 10.1 Å². The van der Waals surface area contributed by atoms with E-state index in [9.17, 15) is 20.0 Å². The quantitative estimate of drug-likeness (QED) is 0.644. The molecule has 0 saturated heterocycles. The van der Waals surface area contributed by atoms with Gasteiger partial charge in [-0.15, -0.1) is 0 Å². The minimum absolute atomic E-state index is 0.0417. The molecule has 0 amide bonds. The number of rotatable bonds is 5. The van der Waals surface area contributed by atoms with Gasteiger partial charge in [-0.25, -0.2) is 4.79 Å². The summed E-state index contributed by atoms with van der Waals surface area (Å²) in [7, 11) is 0. The van der Waals surface area contributed by atoms with Gasteiger partial charge in [0.2, 0.25) is 0 Å². The lowest BCUT2D eigenvalue weighted by Gasteiger charge is -2.16. The average molecular weight is 311 g/mol. The standard InChI is InChI=1S/C13H11ClN2O5/c1-7(11-3-2-4-21-11)15-12-9(13(17)18)5-8(16(19)20)6-10(12)14/h2-7,15H,1H3,(H,17,18). The number of carboxylic acid groups (broad SMARTS) is 1. The summed E-state index contributed by atoms with van der Waals surface area (Å²) in [5.74, 6) is -0.726. The molecule has 2 rings (SSSR count). The Morgan fingerprint density at radius 2 is 2.24 bits per heavy atom. The van der Waals surface area contributed by atoms with Crippen LogP contribution in [0.5, 0.6) is 0 Å². The molecular weight excluding hydrogens is 300 g/mol. The number of halogens is 1. The molecule has 0 aliphatic rings. The number of nitro groups is 1. The van der Waals surface area contributed by atoms with Gasteiger partial charge >= 0.3 is 5.97 Å². The highest BCUT2D eigenvalue weighted by Gasteiger charge is 2.22. The first-order chi connectivity index (χ1) is 9.90. The Hall–Kier alpha value is -2.54. The summed E-state index contributed by atoms with van der Waals surface area (Å²) in [5, 5.41) is 22.8. The van der Waals surface area contributed by atoms with Crippen LogP contribution in [-0.4, -0.2) is 16.0 Å². The van der Waals surface area contributed by atoms with Gasteiger partial charge in [0.1, 0.15) is 5.76 Å². The summed E-state index contributed by atoms with van der Waals surface area (Å²) in [6, 6.07) is 5.13. The number of hydrogen-bond acceptors (Lipinski definition) is 5. The third-order valence-electron chi connectivity index (χ3n) is 2.85.